The van der Waals surface area contributed by atoms with Gasteiger partial charge in [0.1, 0.15) is 11.4 Å². The summed E-state index contributed by atoms with van der Waals surface area (Å²) in [5, 5.41) is 24.2. The van der Waals surface area contributed by atoms with Gasteiger partial charge < -0.3 is 5.11 Å². The van der Waals surface area contributed by atoms with Gasteiger partial charge in [0.05, 0.1) is 5.69 Å². The minimum absolute atomic E-state index is 0.0629. The largest absolute Gasteiger partial charge is 0.506 e. The molecule has 0 fully saturated rings. The van der Waals surface area contributed by atoms with Crippen LogP contribution in [0.25, 0.3) is 0 Å². The first kappa shape index (κ1) is 18.7. The van der Waals surface area contributed by atoms with E-state index in [2.05, 4.69) is 0 Å². The van der Waals surface area contributed by atoms with Gasteiger partial charge in [-0.25, -0.2) is 0 Å². The topological polar surface area (TPSA) is 60.4 Å². The molecule has 137 valence electrons. The molecule has 3 aromatic carbocycles. The summed E-state index contributed by atoms with van der Waals surface area (Å²) in [6.45, 7) is 7.68. The van der Waals surface area contributed by atoms with Crippen LogP contribution in [0.3, 0.4) is 0 Å². The zero-order valence-electron chi connectivity index (χ0n) is 15.9. The molecule has 0 amide bonds. The van der Waals surface area contributed by atoms with Crippen molar-refractivity contribution in [2.45, 2.75) is 27.7 Å². The molecule has 1 radical (unpaired) electrons. The van der Waals surface area contributed by atoms with Gasteiger partial charge in [0.25, 0.3) is 0 Å². The highest BCUT2D eigenvalue weighted by Gasteiger charge is 2.21. The average Bonchev–Trinajstić information content (AvgIpc) is 2.67. The molecule has 0 aliphatic carbocycles. The Morgan fingerprint density at radius 2 is 1.41 bits per heavy atom. The van der Waals surface area contributed by atoms with E-state index in [1.165, 1.54) is 18.2 Å². The van der Waals surface area contributed by atoms with Crippen molar-refractivity contribution in [2.75, 3.05) is 5.06 Å². The van der Waals surface area contributed by atoms with Crippen molar-refractivity contribution in [1.29, 1.82) is 0 Å². The summed E-state index contributed by atoms with van der Waals surface area (Å²) in [6, 6.07) is 15.3. The highest BCUT2D eigenvalue weighted by atomic mass is 16.5. The van der Waals surface area contributed by atoms with Crippen molar-refractivity contribution in [3.8, 4) is 5.75 Å². The molecule has 0 aliphatic heterocycles. The van der Waals surface area contributed by atoms with E-state index >= 15 is 0 Å². The maximum atomic E-state index is 13.2. The lowest BCUT2D eigenvalue weighted by Gasteiger charge is -2.23. The molecule has 4 heteroatoms. The molecule has 3 rings (SSSR count). The second-order valence-corrected chi connectivity index (χ2v) is 6.80. The molecule has 0 saturated carbocycles. The summed E-state index contributed by atoms with van der Waals surface area (Å²) < 4.78 is 0. The summed E-state index contributed by atoms with van der Waals surface area (Å²) >= 11 is 0. The molecule has 0 heterocycles. The lowest BCUT2D eigenvalue weighted by molar-refractivity contribution is 0.103. The first-order valence-electron chi connectivity index (χ1n) is 8.78. The van der Waals surface area contributed by atoms with Crippen molar-refractivity contribution in [2.24, 2.45) is 0 Å². The molecule has 0 saturated heterocycles. The van der Waals surface area contributed by atoms with Crippen molar-refractivity contribution in [1.82, 2.24) is 0 Å². The Kier molecular flexibility index (Phi) is 5.02. The molecule has 3 aromatic rings. The van der Waals surface area contributed by atoms with Gasteiger partial charge in [-0.05, 0) is 68.1 Å². The molecular weight excluding hydrogens is 338 g/mol. The Morgan fingerprint density at radius 1 is 0.815 bits per heavy atom. The third-order valence-corrected chi connectivity index (χ3v) is 5.02. The van der Waals surface area contributed by atoms with E-state index < -0.39 is 0 Å². The highest BCUT2D eigenvalue weighted by Crippen LogP contribution is 2.38. The van der Waals surface area contributed by atoms with E-state index in [0.29, 0.717) is 16.8 Å². The van der Waals surface area contributed by atoms with Crippen molar-refractivity contribution < 1.29 is 15.1 Å². The second kappa shape index (κ2) is 7.25. The number of nitrogens with zero attached hydrogens (tertiary/aromatic N) is 1. The Hall–Kier alpha value is -3.11. The van der Waals surface area contributed by atoms with Gasteiger partial charge in [-0.3, -0.25) is 4.79 Å². The molecular formula is C23H22NO3. The zero-order chi connectivity index (χ0) is 19.7. The van der Waals surface area contributed by atoms with Crippen LogP contribution in [0.15, 0.2) is 54.6 Å². The van der Waals surface area contributed by atoms with Crippen LogP contribution in [0.4, 0.5) is 11.4 Å². The summed E-state index contributed by atoms with van der Waals surface area (Å²) in [6.07, 6.45) is 0. The number of carbonyl (C=O) groups excluding carboxylic acids is 1. The third kappa shape index (κ3) is 3.44. The molecule has 1 N–H and O–H groups in total. The number of hydrogen-bond donors (Lipinski definition) is 1. The Balaban J connectivity index is 2.09. The predicted molar refractivity (Wildman–Crippen MR) is 106 cm³/mol. The van der Waals surface area contributed by atoms with Gasteiger partial charge in [-0.2, -0.15) is 5.06 Å². The van der Waals surface area contributed by atoms with Crippen molar-refractivity contribution in [3.63, 3.8) is 0 Å². The van der Waals surface area contributed by atoms with Crippen molar-refractivity contribution >= 4 is 17.2 Å². The number of ketones is 1. The van der Waals surface area contributed by atoms with Gasteiger partial charge in [0.2, 0.25) is 0 Å². The van der Waals surface area contributed by atoms with Crippen LogP contribution in [0.1, 0.15) is 38.2 Å². The fourth-order valence-corrected chi connectivity index (χ4v) is 3.20. The molecule has 0 aromatic heterocycles. The number of anilines is 2. The summed E-state index contributed by atoms with van der Waals surface area (Å²) in [4.78, 5) is 12.7. The summed E-state index contributed by atoms with van der Waals surface area (Å²) in [5.74, 6) is -0.355. The van der Waals surface area contributed by atoms with Crippen LogP contribution in [0.2, 0.25) is 0 Å². The first-order valence-corrected chi connectivity index (χ1v) is 8.78. The minimum Gasteiger partial charge on any atom is -0.506 e. The van der Waals surface area contributed by atoms with Gasteiger partial charge in [-0.1, -0.05) is 41.6 Å². The third-order valence-electron chi connectivity index (χ3n) is 5.02. The molecule has 4 nitrogen and oxygen atoms in total. The van der Waals surface area contributed by atoms with Crippen molar-refractivity contribution in [3.05, 3.63) is 88.0 Å². The van der Waals surface area contributed by atoms with E-state index in [4.69, 9.17) is 0 Å². The van der Waals surface area contributed by atoms with Crippen LogP contribution in [0, 0.1) is 27.7 Å². The normalized spacial score (nSPS) is 10.7. The van der Waals surface area contributed by atoms with E-state index in [-0.39, 0.29) is 17.2 Å². The lowest BCUT2D eigenvalue weighted by atomic mass is 9.97. The minimum atomic E-state index is -0.195. The van der Waals surface area contributed by atoms with Crippen LogP contribution in [-0.4, -0.2) is 10.9 Å². The number of carbonyl (C=O) groups is 1. The fourth-order valence-electron chi connectivity index (χ4n) is 3.20. The molecule has 0 spiro atoms. The predicted octanol–water partition coefficient (Wildman–Crippen LogP) is 5.34. The van der Waals surface area contributed by atoms with E-state index in [1.807, 2.05) is 39.8 Å². The maximum absolute atomic E-state index is 13.2. The van der Waals surface area contributed by atoms with Gasteiger partial charge in [0, 0.05) is 11.1 Å². The van der Waals surface area contributed by atoms with Gasteiger partial charge in [0.15, 0.2) is 5.78 Å². The number of aromatic hydroxyl groups is 1. The number of benzene rings is 3. The van der Waals surface area contributed by atoms with E-state index in [9.17, 15) is 15.1 Å². The smallest absolute Gasteiger partial charge is 0.193 e. The lowest BCUT2D eigenvalue weighted by Crippen LogP contribution is -2.14. The highest BCUT2D eigenvalue weighted by molar-refractivity contribution is 6.09. The van der Waals surface area contributed by atoms with Crippen LogP contribution in [0.5, 0.6) is 5.75 Å². The van der Waals surface area contributed by atoms with Gasteiger partial charge in [-0.15, -0.1) is 0 Å². The Morgan fingerprint density at radius 3 is 2.00 bits per heavy atom. The number of hydrogen-bond acceptors (Lipinski definition) is 3. The van der Waals surface area contributed by atoms with Crippen LogP contribution >= 0.6 is 0 Å². The van der Waals surface area contributed by atoms with Gasteiger partial charge >= 0.3 is 0 Å². The number of rotatable bonds is 4. The average molecular weight is 360 g/mol. The quantitative estimate of drug-likeness (QED) is 0.504. The molecule has 0 bridgehead atoms. The monoisotopic (exact) mass is 360 g/mol. The second-order valence-electron chi connectivity index (χ2n) is 6.80. The Labute approximate surface area is 159 Å². The number of aryl methyl sites for hydroxylation is 2. The van der Waals surface area contributed by atoms with E-state index in [0.717, 1.165) is 27.3 Å². The molecule has 0 unspecified atom stereocenters. The number of phenols is 1. The fraction of sp³-hybridized carbons (Fsp3) is 0.174. The molecule has 0 aliphatic rings. The first-order chi connectivity index (χ1) is 12.8. The molecule has 0 atom stereocenters. The van der Waals surface area contributed by atoms with Crippen LogP contribution < -0.4 is 5.06 Å². The molecule has 27 heavy (non-hydrogen) atoms. The van der Waals surface area contributed by atoms with Crippen LogP contribution in [-0.2, 0) is 5.21 Å². The summed E-state index contributed by atoms with van der Waals surface area (Å²) in [7, 11) is 0. The Bertz CT molecular complexity index is 984. The zero-order valence-corrected chi connectivity index (χ0v) is 15.9. The maximum Gasteiger partial charge on any atom is 0.193 e. The van der Waals surface area contributed by atoms with E-state index in [1.54, 1.807) is 24.3 Å². The number of phenolic OH excluding ortho intramolecular Hbond substituents is 1. The SMILES string of the molecule is Cc1cc(C)c(C)c(N([O])c2cc(C(=O)c3ccccc3)ccc2O)c1C. The summed E-state index contributed by atoms with van der Waals surface area (Å²) in [5.41, 5.74) is 5.18. The standard InChI is InChI=1S/C23H22NO3/c1-14-12-15(2)17(4)22(16(14)3)24(27)20-13-19(10-11-21(20)25)23(26)18-8-6-5-7-9-18/h5-13,25H,1-4H3.